The number of thiophene rings is 1. The van der Waals surface area contributed by atoms with Crippen molar-refractivity contribution in [3.8, 4) is 22.2 Å². The van der Waals surface area contributed by atoms with Crippen LogP contribution in [0, 0.1) is 0 Å². The molecular weight excluding hydrogens is 462 g/mol. The predicted molar refractivity (Wildman–Crippen MR) is 134 cm³/mol. The maximum atomic E-state index is 13.5. The van der Waals surface area contributed by atoms with E-state index < -0.39 is 0 Å². The van der Waals surface area contributed by atoms with E-state index >= 15 is 0 Å². The van der Waals surface area contributed by atoms with Crippen molar-refractivity contribution in [1.82, 2.24) is 15.0 Å². The zero-order valence-corrected chi connectivity index (χ0v) is 20.6. The fraction of sp³-hybridized carbons (Fsp3) is 0.296. The fourth-order valence-electron chi connectivity index (χ4n) is 4.61. The second-order valence-corrected chi connectivity index (χ2v) is 9.35. The molecule has 2 aromatic carbocycles. The monoisotopic (exact) mass is 489 g/mol. The van der Waals surface area contributed by atoms with Crippen LogP contribution in [0.25, 0.3) is 10.7 Å². The van der Waals surface area contributed by atoms with Gasteiger partial charge in [-0.05, 0) is 53.1 Å². The molecule has 0 bridgehead atoms. The standard InChI is InChI=1S/C27H27N3O4S/c1-32-21-16-19-13-14-30(26(18-8-4-3-5-9-18)20(19)17-22(21)33-2)25(31)12-6-11-24-28-27(29-34-24)23-10-7-15-35-23/h3-5,7-10,15-17,26H,6,11-14H2,1-2H3. The van der Waals surface area contributed by atoms with Gasteiger partial charge in [0.05, 0.1) is 25.1 Å². The highest BCUT2D eigenvalue weighted by atomic mass is 32.1. The van der Waals surface area contributed by atoms with Gasteiger partial charge >= 0.3 is 0 Å². The van der Waals surface area contributed by atoms with E-state index in [-0.39, 0.29) is 11.9 Å². The number of aryl methyl sites for hydroxylation is 1. The van der Waals surface area contributed by atoms with Gasteiger partial charge in [0.2, 0.25) is 17.6 Å². The number of methoxy groups -OCH3 is 2. The second-order valence-electron chi connectivity index (χ2n) is 8.40. The number of aromatic nitrogens is 2. The normalized spacial score (nSPS) is 15.0. The molecule has 1 aliphatic heterocycles. The lowest BCUT2D eigenvalue weighted by Crippen LogP contribution is -2.40. The van der Waals surface area contributed by atoms with Gasteiger partial charge in [0.1, 0.15) is 0 Å². The highest BCUT2D eigenvalue weighted by Gasteiger charge is 2.33. The number of hydrogen-bond donors (Lipinski definition) is 0. The summed E-state index contributed by atoms with van der Waals surface area (Å²) < 4.78 is 16.5. The van der Waals surface area contributed by atoms with Gasteiger partial charge in [0.15, 0.2) is 11.5 Å². The van der Waals surface area contributed by atoms with Crippen LogP contribution in [0.2, 0.25) is 0 Å². The minimum absolute atomic E-state index is 0.109. The summed E-state index contributed by atoms with van der Waals surface area (Å²) >= 11 is 1.57. The summed E-state index contributed by atoms with van der Waals surface area (Å²) in [7, 11) is 3.28. The smallest absolute Gasteiger partial charge is 0.226 e. The molecule has 8 heteroatoms. The highest BCUT2D eigenvalue weighted by Crippen LogP contribution is 2.41. The topological polar surface area (TPSA) is 77.7 Å². The lowest BCUT2D eigenvalue weighted by Gasteiger charge is -2.38. The Morgan fingerprint density at radius 2 is 1.91 bits per heavy atom. The van der Waals surface area contributed by atoms with Crippen molar-refractivity contribution < 1.29 is 18.8 Å². The minimum Gasteiger partial charge on any atom is -0.493 e. The molecule has 0 spiro atoms. The molecule has 0 fully saturated rings. The average Bonchev–Trinajstić information content (AvgIpc) is 3.60. The number of amides is 1. The third-order valence-corrected chi connectivity index (χ3v) is 7.17. The first kappa shape index (κ1) is 23.1. The molecule has 0 N–H and O–H groups in total. The number of carbonyl (C=O) groups is 1. The third kappa shape index (κ3) is 4.79. The maximum absolute atomic E-state index is 13.5. The summed E-state index contributed by atoms with van der Waals surface area (Å²) in [5.41, 5.74) is 3.32. The van der Waals surface area contributed by atoms with Gasteiger partial charge in [-0.2, -0.15) is 4.98 Å². The molecule has 0 saturated heterocycles. The lowest BCUT2D eigenvalue weighted by atomic mass is 9.87. The zero-order valence-electron chi connectivity index (χ0n) is 19.8. The van der Waals surface area contributed by atoms with E-state index in [2.05, 4.69) is 22.3 Å². The molecule has 180 valence electrons. The largest absolute Gasteiger partial charge is 0.493 e. The minimum atomic E-state index is -0.180. The van der Waals surface area contributed by atoms with Crippen molar-refractivity contribution in [2.75, 3.05) is 20.8 Å². The van der Waals surface area contributed by atoms with Crippen LogP contribution in [0.1, 0.15) is 41.5 Å². The molecule has 1 amide bonds. The van der Waals surface area contributed by atoms with Gasteiger partial charge in [-0.3, -0.25) is 4.79 Å². The molecule has 4 aromatic rings. The summed E-state index contributed by atoms with van der Waals surface area (Å²) in [6.07, 6.45) is 2.37. The van der Waals surface area contributed by atoms with Crippen molar-refractivity contribution in [2.45, 2.75) is 31.7 Å². The van der Waals surface area contributed by atoms with Crippen LogP contribution in [0.4, 0.5) is 0 Å². The molecule has 0 radical (unpaired) electrons. The Morgan fingerprint density at radius 3 is 2.66 bits per heavy atom. The SMILES string of the molecule is COc1cc2c(cc1OC)C(c1ccccc1)N(C(=O)CCCc1nc(-c3cccs3)no1)CC2. The molecular formula is C27H27N3O4S. The molecule has 3 heterocycles. The summed E-state index contributed by atoms with van der Waals surface area (Å²) in [5, 5.41) is 6.04. The summed E-state index contributed by atoms with van der Waals surface area (Å²) in [5.74, 6) is 2.64. The average molecular weight is 490 g/mol. The predicted octanol–water partition coefficient (Wildman–Crippen LogP) is 5.31. The van der Waals surface area contributed by atoms with Crippen molar-refractivity contribution in [3.05, 3.63) is 82.6 Å². The van der Waals surface area contributed by atoms with Crippen LogP contribution in [-0.4, -0.2) is 41.7 Å². The lowest BCUT2D eigenvalue weighted by molar-refractivity contribution is -0.133. The molecule has 35 heavy (non-hydrogen) atoms. The molecule has 1 unspecified atom stereocenters. The van der Waals surface area contributed by atoms with E-state index in [9.17, 15) is 4.79 Å². The number of rotatable bonds is 8. The van der Waals surface area contributed by atoms with E-state index in [4.69, 9.17) is 14.0 Å². The van der Waals surface area contributed by atoms with Gasteiger partial charge in [-0.1, -0.05) is 41.6 Å². The third-order valence-electron chi connectivity index (χ3n) is 6.30. The number of carbonyl (C=O) groups excluding carboxylic acids is 1. The van der Waals surface area contributed by atoms with Crippen LogP contribution in [0.3, 0.4) is 0 Å². The summed E-state index contributed by atoms with van der Waals surface area (Å²) in [6.45, 7) is 0.643. The first-order valence-corrected chi connectivity index (χ1v) is 12.5. The fourth-order valence-corrected chi connectivity index (χ4v) is 5.26. The van der Waals surface area contributed by atoms with Crippen LogP contribution in [-0.2, 0) is 17.6 Å². The summed E-state index contributed by atoms with van der Waals surface area (Å²) in [4.78, 5) is 20.9. The number of benzene rings is 2. The molecule has 7 nitrogen and oxygen atoms in total. The van der Waals surface area contributed by atoms with E-state index in [0.29, 0.717) is 49.0 Å². The van der Waals surface area contributed by atoms with E-state index in [1.165, 1.54) is 5.56 Å². The van der Waals surface area contributed by atoms with Crippen molar-refractivity contribution in [3.63, 3.8) is 0 Å². The molecule has 1 aliphatic rings. The van der Waals surface area contributed by atoms with Crippen molar-refractivity contribution in [2.24, 2.45) is 0 Å². The highest BCUT2D eigenvalue weighted by molar-refractivity contribution is 7.13. The van der Waals surface area contributed by atoms with Gasteiger partial charge in [-0.15, -0.1) is 11.3 Å². The van der Waals surface area contributed by atoms with E-state index in [0.717, 1.165) is 22.4 Å². The molecule has 0 saturated carbocycles. The van der Waals surface area contributed by atoms with E-state index in [1.807, 2.05) is 52.7 Å². The van der Waals surface area contributed by atoms with Gasteiger partial charge < -0.3 is 18.9 Å². The Morgan fingerprint density at radius 1 is 1.11 bits per heavy atom. The van der Waals surface area contributed by atoms with Gasteiger partial charge in [0.25, 0.3) is 0 Å². The Bertz CT molecular complexity index is 1290. The zero-order chi connectivity index (χ0) is 24.2. The van der Waals surface area contributed by atoms with Crippen LogP contribution in [0.15, 0.2) is 64.5 Å². The Labute approximate surface area is 208 Å². The second kappa shape index (κ2) is 10.3. The Kier molecular flexibility index (Phi) is 6.81. The van der Waals surface area contributed by atoms with Crippen molar-refractivity contribution >= 4 is 17.2 Å². The van der Waals surface area contributed by atoms with Crippen LogP contribution >= 0.6 is 11.3 Å². The Hall–Kier alpha value is -3.65. The molecule has 5 rings (SSSR count). The van der Waals surface area contributed by atoms with Crippen LogP contribution < -0.4 is 9.47 Å². The Balaban J connectivity index is 1.34. The van der Waals surface area contributed by atoms with Gasteiger partial charge in [-0.25, -0.2) is 0 Å². The van der Waals surface area contributed by atoms with Crippen LogP contribution in [0.5, 0.6) is 11.5 Å². The first-order chi connectivity index (χ1) is 17.2. The number of fused-ring (bicyclic) bond motifs is 1. The van der Waals surface area contributed by atoms with Crippen molar-refractivity contribution in [1.29, 1.82) is 0 Å². The number of hydrogen-bond acceptors (Lipinski definition) is 7. The summed E-state index contributed by atoms with van der Waals surface area (Å²) in [6, 6.07) is 17.9. The number of nitrogens with zero attached hydrogens (tertiary/aromatic N) is 3. The molecule has 1 atom stereocenters. The van der Waals surface area contributed by atoms with E-state index in [1.54, 1.807) is 25.6 Å². The van der Waals surface area contributed by atoms with Gasteiger partial charge in [0, 0.05) is 19.4 Å². The molecule has 0 aliphatic carbocycles. The number of ether oxygens (including phenoxy) is 2. The first-order valence-electron chi connectivity index (χ1n) is 11.6. The maximum Gasteiger partial charge on any atom is 0.226 e. The molecule has 2 aromatic heterocycles. The quantitative estimate of drug-likeness (QED) is 0.334.